The molecular weight excluding hydrogens is 330 g/mol. The monoisotopic (exact) mass is 351 g/mol. The molecule has 2 heterocycles. The van der Waals surface area contributed by atoms with Gasteiger partial charge in [-0.15, -0.1) is 0 Å². The molecule has 0 aliphatic carbocycles. The number of ether oxygens (including phenoxy) is 2. The zero-order valence-corrected chi connectivity index (χ0v) is 15.0. The fourth-order valence-corrected chi connectivity index (χ4v) is 2.37. The van der Waals surface area contributed by atoms with Crippen molar-refractivity contribution in [2.24, 2.45) is 0 Å². The Kier molecular flexibility index (Phi) is 5.02. The molecule has 134 valence electrons. The Bertz CT molecular complexity index is 924. The number of benzene rings is 1. The van der Waals surface area contributed by atoms with Gasteiger partial charge in [-0.2, -0.15) is 5.10 Å². The lowest BCUT2D eigenvalue weighted by Crippen LogP contribution is -2.22. The fraction of sp³-hybridized carbons (Fsp3) is 0.250. The number of aromatic nitrogens is 3. The average molecular weight is 351 g/mol. The van der Waals surface area contributed by atoms with Crippen LogP contribution in [0.2, 0.25) is 0 Å². The topological polar surface area (TPSA) is 65.7 Å². The van der Waals surface area contributed by atoms with Crippen molar-refractivity contribution in [3.05, 3.63) is 66.1 Å². The van der Waals surface area contributed by atoms with E-state index in [0.717, 1.165) is 5.56 Å². The van der Waals surface area contributed by atoms with Gasteiger partial charge in [0.05, 0.1) is 5.69 Å². The van der Waals surface area contributed by atoms with Crippen LogP contribution in [0.15, 0.2) is 54.9 Å². The Labute approximate surface area is 152 Å². The summed E-state index contributed by atoms with van der Waals surface area (Å²) in [5, 5.41) is 4.21. The van der Waals surface area contributed by atoms with E-state index in [1.165, 1.54) is 12.4 Å². The number of nitrogens with zero attached hydrogens (tertiary/aromatic N) is 3. The third-order valence-electron chi connectivity index (χ3n) is 3.45. The van der Waals surface area contributed by atoms with Gasteiger partial charge in [-0.05, 0) is 44.5 Å². The lowest BCUT2D eigenvalue weighted by molar-refractivity contribution is -0.148. The SMILES string of the molecule is CC(C)(C)OC(=O)/C=C/c1ccc(OCc2ccccc2)c2ncnn12. The molecule has 0 fully saturated rings. The fourth-order valence-electron chi connectivity index (χ4n) is 2.37. The quantitative estimate of drug-likeness (QED) is 0.518. The first kappa shape index (κ1) is 17.7. The molecule has 0 N–H and O–H groups in total. The van der Waals surface area contributed by atoms with Gasteiger partial charge in [-0.25, -0.2) is 14.3 Å². The van der Waals surface area contributed by atoms with Crippen LogP contribution in [0.4, 0.5) is 0 Å². The van der Waals surface area contributed by atoms with Crippen molar-refractivity contribution >= 4 is 17.7 Å². The number of carbonyl (C=O) groups excluding carboxylic acids is 1. The second kappa shape index (κ2) is 7.39. The largest absolute Gasteiger partial charge is 0.485 e. The molecule has 0 atom stereocenters. The van der Waals surface area contributed by atoms with E-state index in [1.807, 2.05) is 63.2 Å². The van der Waals surface area contributed by atoms with Crippen LogP contribution in [-0.2, 0) is 16.1 Å². The molecule has 26 heavy (non-hydrogen) atoms. The number of rotatable bonds is 5. The Morgan fingerprint density at radius 1 is 1.15 bits per heavy atom. The number of hydrogen-bond acceptors (Lipinski definition) is 5. The van der Waals surface area contributed by atoms with Gasteiger partial charge in [-0.3, -0.25) is 0 Å². The number of fused-ring (bicyclic) bond motifs is 1. The van der Waals surface area contributed by atoms with Gasteiger partial charge in [0.15, 0.2) is 11.4 Å². The normalized spacial score (nSPS) is 11.8. The summed E-state index contributed by atoms with van der Waals surface area (Å²) in [6.45, 7) is 5.92. The first-order valence-electron chi connectivity index (χ1n) is 8.33. The molecular formula is C20H21N3O3. The van der Waals surface area contributed by atoms with Crippen molar-refractivity contribution in [3.63, 3.8) is 0 Å². The Balaban J connectivity index is 1.78. The van der Waals surface area contributed by atoms with Gasteiger partial charge >= 0.3 is 5.97 Å². The van der Waals surface area contributed by atoms with Crippen LogP contribution < -0.4 is 4.74 Å². The van der Waals surface area contributed by atoms with Crippen molar-refractivity contribution < 1.29 is 14.3 Å². The minimum atomic E-state index is -0.529. The molecule has 0 amide bonds. The minimum absolute atomic E-state index is 0.407. The van der Waals surface area contributed by atoms with Crippen LogP contribution >= 0.6 is 0 Å². The van der Waals surface area contributed by atoms with Gasteiger partial charge in [0.1, 0.15) is 18.5 Å². The van der Waals surface area contributed by atoms with Crippen LogP contribution in [0.25, 0.3) is 11.7 Å². The standard InChI is InChI=1S/C20H21N3O3/c1-20(2,3)26-18(24)12-10-16-9-11-17(19-21-14-22-23(16)19)25-13-15-7-5-4-6-8-15/h4-12,14H,13H2,1-3H3/b12-10+. The molecule has 0 radical (unpaired) electrons. The van der Waals surface area contributed by atoms with Crippen molar-refractivity contribution in [1.29, 1.82) is 0 Å². The predicted molar refractivity (Wildman–Crippen MR) is 98.6 cm³/mol. The molecule has 1 aromatic carbocycles. The maximum atomic E-state index is 11.9. The lowest BCUT2D eigenvalue weighted by atomic mass is 10.2. The Hall–Kier alpha value is -3.15. The second-order valence-corrected chi connectivity index (χ2v) is 6.76. The summed E-state index contributed by atoms with van der Waals surface area (Å²) in [7, 11) is 0. The van der Waals surface area contributed by atoms with Crippen molar-refractivity contribution in [2.45, 2.75) is 33.0 Å². The van der Waals surface area contributed by atoms with Gasteiger partial charge < -0.3 is 9.47 Å². The highest BCUT2D eigenvalue weighted by Crippen LogP contribution is 2.21. The zero-order valence-electron chi connectivity index (χ0n) is 15.0. The molecule has 0 spiro atoms. The Morgan fingerprint density at radius 3 is 2.65 bits per heavy atom. The molecule has 0 saturated heterocycles. The summed E-state index contributed by atoms with van der Waals surface area (Å²) in [5.74, 6) is 0.218. The molecule has 0 aliphatic heterocycles. The molecule has 0 bridgehead atoms. The molecule has 6 heteroatoms. The summed E-state index contributed by atoms with van der Waals surface area (Å²) in [6.07, 6.45) is 4.48. The third kappa shape index (κ3) is 4.47. The van der Waals surface area contributed by atoms with E-state index >= 15 is 0 Å². The van der Waals surface area contributed by atoms with Crippen LogP contribution in [0, 0.1) is 0 Å². The van der Waals surface area contributed by atoms with Crippen molar-refractivity contribution in [3.8, 4) is 5.75 Å². The summed E-state index contributed by atoms with van der Waals surface area (Å²) in [5.41, 5.74) is 1.83. The number of carbonyl (C=O) groups is 1. The number of esters is 1. The summed E-state index contributed by atoms with van der Waals surface area (Å²) >= 11 is 0. The highest BCUT2D eigenvalue weighted by Gasteiger charge is 2.14. The van der Waals surface area contributed by atoms with Gasteiger partial charge in [0.25, 0.3) is 0 Å². The molecule has 0 unspecified atom stereocenters. The van der Waals surface area contributed by atoms with Crippen molar-refractivity contribution in [1.82, 2.24) is 14.6 Å². The smallest absolute Gasteiger partial charge is 0.331 e. The van der Waals surface area contributed by atoms with E-state index in [1.54, 1.807) is 10.6 Å². The van der Waals surface area contributed by atoms with Crippen LogP contribution in [0.5, 0.6) is 5.75 Å². The maximum Gasteiger partial charge on any atom is 0.331 e. The Morgan fingerprint density at radius 2 is 1.92 bits per heavy atom. The zero-order chi connectivity index (χ0) is 18.6. The number of hydrogen-bond donors (Lipinski definition) is 0. The lowest BCUT2D eigenvalue weighted by Gasteiger charge is -2.17. The minimum Gasteiger partial charge on any atom is -0.485 e. The molecule has 0 aliphatic rings. The molecule has 0 saturated carbocycles. The van der Waals surface area contributed by atoms with E-state index in [4.69, 9.17) is 9.47 Å². The summed E-state index contributed by atoms with van der Waals surface area (Å²) in [6, 6.07) is 13.5. The second-order valence-electron chi connectivity index (χ2n) is 6.76. The summed E-state index contributed by atoms with van der Waals surface area (Å²) < 4.78 is 12.8. The summed E-state index contributed by atoms with van der Waals surface area (Å²) in [4.78, 5) is 16.1. The average Bonchev–Trinajstić information content (AvgIpc) is 3.08. The van der Waals surface area contributed by atoms with Crippen LogP contribution in [-0.4, -0.2) is 26.2 Å². The molecule has 3 rings (SSSR count). The van der Waals surface area contributed by atoms with Gasteiger partial charge in [-0.1, -0.05) is 30.3 Å². The van der Waals surface area contributed by atoms with E-state index in [0.29, 0.717) is 23.7 Å². The first-order valence-corrected chi connectivity index (χ1v) is 8.33. The number of pyridine rings is 1. The van der Waals surface area contributed by atoms with E-state index in [9.17, 15) is 4.79 Å². The molecule has 6 nitrogen and oxygen atoms in total. The van der Waals surface area contributed by atoms with Crippen LogP contribution in [0.1, 0.15) is 32.0 Å². The van der Waals surface area contributed by atoms with E-state index < -0.39 is 11.6 Å². The highest BCUT2D eigenvalue weighted by molar-refractivity contribution is 5.87. The first-order chi connectivity index (χ1) is 12.4. The van der Waals surface area contributed by atoms with Gasteiger partial charge in [0, 0.05) is 6.08 Å². The molecule has 3 aromatic rings. The maximum absolute atomic E-state index is 11.9. The third-order valence-corrected chi connectivity index (χ3v) is 3.45. The van der Waals surface area contributed by atoms with Crippen LogP contribution in [0.3, 0.4) is 0 Å². The van der Waals surface area contributed by atoms with Crippen molar-refractivity contribution in [2.75, 3.05) is 0 Å². The predicted octanol–water partition coefficient (Wildman–Crippen LogP) is 3.66. The highest BCUT2D eigenvalue weighted by atomic mass is 16.6. The van der Waals surface area contributed by atoms with Gasteiger partial charge in [0.2, 0.25) is 0 Å². The van der Waals surface area contributed by atoms with E-state index in [2.05, 4.69) is 10.1 Å². The molecule has 2 aromatic heterocycles. The van der Waals surface area contributed by atoms with E-state index in [-0.39, 0.29) is 0 Å².